The molecule has 1 fully saturated rings. The summed E-state index contributed by atoms with van der Waals surface area (Å²) in [5, 5.41) is 0. The molecule has 1 saturated carbocycles. The second-order valence-electron chi connectivity index (χ2n) is 4.33. The summed E-state index contributed by atoms with van der Waals surface area (Å²) in [5.41, 5.74) is 6.17. The minimum atomic E-state index is 0.505. The van der Waals surface area contributed by atoms with Crippen LogP contribution in [0.1, 0.15) is 42.4 Å². The van der Waals surface area contributed by atoms with Gasteiger partial charge in [-0.05, 0) is 44.4 Å². The van der Waals surface area contributed by atoms with Gasteiger partial charge >= 0.3 is 0 Å². The normalized spacial score (nSPS) is 18.4. The van der Waals surface area contributed by atoms with Gasteiger partial charge in [-0.2, -0.15) is 0 Å². The maximum atomic E-state index is 5.66. The third-order valence-electron chi connectivity index (χ3n) is 3.16. The zero-order valence-corrected chi connectivity index (χ0v) is 9.70. The highest BCUT2D eigenvalue weighted by Gasteiger charge is 2.44. The maximum absolute atomic E-state index is 5.66. The van der Waals surface area contributed by atoms with Crippen LogP contribution in [0.15, 0.2) is 12.1 Å². The zero-order valence-electron chi connectivity index (χ0n) is 8.88. The largest absolute Gasteiger partial charge is 0.330 e. The van der Waals surface area contributed by atoms with E-state index in [1.807, 2.05) is 11.3 Å². The first-order chi connectivity index (χ1) is 6.80. The Balaban J connectivity index is 2.08. The Morgan fingerprint density at radius 3 is 2.79 bits per heavy atom. The van der Waals surface area contributed by atoms with E-state index in [9.17, 15) is 0 Å². The Morgan fingerprint density at radius 1 is 1.43 bits per heavy atom. The number of aryl methyl sites for hydroxylation is 1. The standard InChI is InChI=1S/C12H19NS/c1-2-3-10-4-5-11(14-10)12(6-7-12)8-9-13/h4-5H,2-3,6-9,13H2,1H3. The molecule has 1 nitrogen and oxygen atoms in total. The van der Waals surface area contributed by atoms with E-state index in [2.05, 4.69) is 19.1 Å². The van der Waals surface area contributed by atoms with Gasteiger partial charge in [0.2, 0.25) is 0 Å². The van der Waals surface area contributed by atoms with Crippen LogP contribution >= 0.6 is 11.3 Å². The molecule has 0 bridgehead atoms. The quantitative estimate of drug-likeness (QED) is 0.792. The average molecular weight is 209 g/mol. The second-order valence-corrected chi connectivity index (χ2v) is 5.50. The molecule has 1 heterocycles. The minimum Gasteiger partial charge on any atom is -0.330 e. The van der Waals surface area contributed by atoms with Crippen LogP contribution in [0.5, 0.6) is 0 Å². The summed E-state index contributed by atoms with van der Waals surface area (Å²) >= 11 is 2.01. The van der Waals surface area contributed by atoms with Gasteiger partial charge in [-0.1, -0.05) is 13.3 Å². The summed E-state index contributed by atoms with van der Waals surface area (Å²) in [6.45, 7) is 3.08. The molecule has 14 heavy (non-hydrogen) atoms. The van der Waals surface area contributed by atoms with Crippen molar-refractivity contribution >= 4 is 11.3 Å². The molecule has 0 amide bonds. The smallest absolute Gasteiger partial charge is 0.0110 e. The van der Waals surface area contributed by atoms with E-state index in [0.29, 0.717) is 5.41 Å². The van der Waals surface area contributed by atoms with Gasteiger partial charge in [0, 0.05) is 15.2 Å². The lowest BCUT2D eigenvalue weighted by molar-refractivity contribution is 0.641. The van der Waals surface area contributed by atoms with E-state index < -0.39 is 0 Å². The molecule has 0 spiro atoms. The van der Waals surface area contributed by atoms with E-state index >= 15 is 0 Å². The third kappa shape index (κ3) is 1.86. The van der Waals surface area contributed by atoms with Gasteiger partial charge in [0.25, 0.3) is 0 Å². The van der Waals surface area contributed by atoms with Crippen molar-refractivity contribution in [2.24, 2.45) is 5.73 Å². The predicted octanol–water partition coefficient (Wildman–Crippen LogP) is 3.08. The van der Waals surface area contributed by atoms with E-state index in [1.165, 1.54) is 32.1 Å². The molecule has 0 aromatic carbocycles. The Bertz CT molecular complexity index is 299. The van der Waals surface area contributed by atoms with Crippen molar-refractivity contribution < 1.29 is 0 Å². The van der Waals surface area contributed by atoms with Crippen molar-refractivity contribution in [2.45, 2.75) is 44.4 Å². The first-order valence-electron chi connectivity index (χ1n) is 5.60. The third-order valence-corrected chi connectivity index (χ3v) is 4.55. The second kappa shape index (κ2) is 4.03. The summed E-state index contributed by atoms with van der Waals surface area (Å²) in [6.07, 6.45) is 6.39. The fraction of sp³-hybridized carbons (Fsp3) is 0.667. The fourth-order valence-corrected chi connectivity index (χ4v) is 3.47. The Labute approximate surface area is 90.3 Å². The molecular weight excluding hydrogens is 190 g/mol. The topological polar surface area (TPSA) is 26.0 Å². The molecule has 1 aliphatic rings. The Hall–Kier alpha value is -0.340. The molecule has 78 valence electrons. The van der Waals surface area contributed by atoms with Gasteiger partial charge in [0.05, 0.1) is 0 Å². The number of thiophene rings is 1. The lowest BCUT2D eigenvalue weighted by Crippen LogP contribution is -2.11. The number of hydrogen-bond acceptors (Lipinski definition) is 2. The monoisotopic (exact) mass is 209 g/mol. The van der Waals surface area contributed by atoms with Crippen LogP contribution in [0.2, 0.25) is 0 Å². The molecule has 0 radical (unpaired) electrons. The summed E-state index contributed by atoms with van der Waals surface area (Å²) in [7, 11) is 0. The number of rotatable bonds is 5. The van der Waals surface area contributed by atoms with Crippen molar-refractivity contribution in [3.63, 3.8) is 0 Å². The van der Waals surface area contributed by atoms with Crippen molar-refractivity contribution in [1.82, 2.24) is 0 Å². The average Bonchev–Trinajstić information content (AvgIpc) is 2.79. The van der Waals surface area contributed by atoms with E-state index in [0.717, 1.165) is 6.54 Å². The number of hydrogen-bond donors (Lipinski definition) is 1. The SMILES string of the molecule is CCCc1ccc(C2(CCN)CC2)s1. The lowest BCUT2D eigenvalue weighted by Gasteiger charge is -2.10. The zero-order chi connectivity index (χ0) is 10.0. The summed E-state index contributed by atoms with van der Waals surface area (Å²) in [5.74, 6) is 0. The molecule has 1 aromatic heterocycles. The van der Waals surface area contributed by atoms with Gasteiger partial charge < -0.3 is 5.73 Å². The van der Waals surface area contributed by atoms with Crippen LogP contribution in [0, 0.1) is 0 Å². The van der Waals surface area contributed by atoms with Crippen LogP contribution in [-0.4, -0.2) is 6.54 Å². The van der Waals surface area contributed by atoms with E-state index in [4.69, 9.17) is 5.73 Å². The molecule has 2 N–H and O–H groups in total. The minimum absolute atomic E-state index is 0.505. The fourth-order valence-electron chi connectivity index (χ4n) is 2.09. The van der Waals surface area contributed by atoms with Crippen molar-refractivity contribution in [3.05, 3.63) is 21.9 Å². The summed E-state index contributed by atoms with van der Waals surface area (Å²) < 4.78 is 0. The Kier molecular flexibility index (Phi) is 2.93. The summed E-state index contributed by atoms with van der Waals surface area (Å²) in [4.78, 5) is 3.14. The van der Waals surface area contributed by atoms with Crippen LogP contribution in [0.3, 0.4) is 0 Å². The molecule has 1 aliphatic carbocycles. The predicted molar refractivity (Wildman–Crippen MR) is 62.9 cm³/mol. The number of nitrogens with two attached hydrogens (primary N) is 1. The molecule has 2 heteroatoms. The molecule has 1 aromatic rings. The van der Waals surface area contributed by atoms with Gasteiger partial charge in [0.1, 0.15) is 0 Å². The maximum Gasteiger partial charge on any atom is 0.0110 e. The highest BCUT2D eigenvalue weighted by Crippen LogP contribution is 2.52. The van der Waals surface area contributed by atoms with Crippen molar-refractivity contribution in [3.8, 4) is 0 Å². The first kappa shape index (κ1) is 10.2. The van der Waals surface area contributed by atoms with E-state index in [1.54, 1.807) is 9.75 Å². The van der Waals surface area contributed by atoms with Crippen LogP contribution in [-0.2, 0) is 11.8 Å². The van der Waals surface area contributed by atoms with Crippen LogP contribution < -0.4 is 5.73 Å². The first-order valence-corrected chi connectivity index (χ1v) is 6.41. The highest BCUT2D eigenvalue weighted by molar-refractivity contribution is 7.12. The van der Waals surface area contributed by atoms with Gasteiger partial charge in [-0.25, -0.2) is 0 Å². The van der Waals surface area contributed by atoms with Crippen LogP contribution in [0.25, 0.3) is 0 Å². The molecular formula is C12H19NS. The van der Waals surface area contributed by atoms with Gasteiger partial charge in [-0.15, -0.1) is 11.3 Å². The molecule has 0 unspecified atom stereocenters. The van der Waals surface area contributed by atoms with Crippen LogP contribution in [0.4, 0.5) is 0 Å². The van der Waals surface area contributed by atoms with Crippen molar-refractivity contribution in [2.75, 3.05) is 6.54 Å². The van der Waals surface area contributed by atoms with Gasteiger partial charge in [-0.3, -0.25) is 0 Å². The Morgan fingerprint density at radius 2 is 2.21 bits per heavy atom. The van der Waals surface area contributed by atoms with Gasteiger partial charge in [0.15, 0.2) is 0 Å². The lowest BCUT2D eigenvalue weighted by atomic mass is 10.0. The highest BCUT2D eigenvalue weighted by atomic mass is 32.1. The van der Waals surface area contributed by atoms with E-state index in [-0.39, 0.29) is 0 Å². The molecule has 2 rings (SSSR count). The van der Waals surface area contributed by atoms with Crippen molar-refractivity contribution in [1.29, 1.82) is 0 Å². The molecule has 0 aliphatic heterocycles. The summed E-state index contributed by atoms with van der Waals surface area (Å²) in [6, 6.07) is 4.64. The molecule has 0 atom stereocenters. The molecule has 0 saturated heterocycles.